The Morgan fingerprint density at radius 1 is 1.06 bits per heavy atom. The van der Waals surface area contributed by atoms with Crippen molar-refractivity contribution < 1.29 is 0 Å². The van der Waals surface area contributed by atoms with Crippen LogP contribution in [0.15, 0.2) is 34.9 Å². The fourth-order valence-electron chi connectivity index (χ4n) is 1.64. The Bertz CT molecular complexity index is 500. The van der Waals surface area contributed by atoms with Crippen LogP contribution in [0.2, 0.25) is 0 Å². The van der Waals surface area contributed by atoms with E-state index in [0.717, 1.165) is 16.0 Å². The number of benzene rings is 1. The number of hydrogen-bond acceptors (Lipinski definition) is 2. The van der Waals surface area contributed by atoms with E-state index in [1.165, 1.54) is 16.7 Å². The summed E-state index contributed by atoms with van der Waals surface area (Å²) in [7, 11) is 0. The standard InChI is InChI=1S/C14H15BrN2/c1-9-5-4-6-12(11(9)3)17-14-13(15)10(2)7-8-16-14/h4-8H,1-3H3,(H,16,17). The van der Waals surface area contributed by atoms with E-state index in [4.69, 9.17) is 0 Å². The minimum absolute atomic E-state index is 0.860. The van der Waals surface area contributed by atoms with Crippen molar-refractivity contribution in [1.29, 1.82) is 0 Å². The lowest BCUT2D eigenvalue weighted by molar-refractivity contribution is 1.24. The van der Waals surface area contributed by atoms with E-state index >= 15 is 0 Å². The molecule has 0 unspecified atom stereocenters. The van der Waals surface area contributed by atoms with E-state index in [1.54, 1.807) is 0 Å². The van der Waals surface area contributed by atoms with Gasteiger partial charge in [-0.2, -0.15) is 0 Å². The van der Waals surface area contributed by atoms with Gasteiger partial charge < -0.3 is 5.32 Å². The van der Waals surface area contributed by atoms with Gasteiger partial charge in [-0.15, -0.1) is 0 Å². The highest BCUT2D eigenvalue weighted by atomic mass is 79.9. The molecule has 1 aromatic heterocycles. The number of hydrogen-bond donors (Lipinski definition) is 1. The molecule has 1 heterocycles. The molecular formula is C14H15BrN2. The second-order valence-electron chi connectivity index (χ2n) is 4.16. The highest BCUT2D eigenvalue weighted by Gasteiger charge is 2.06. The lowest BCUT2D eigenvalue weighted by Gasteiger charge is -2.12. The summed E-state index contributed by atoms with van der Waals surface area (Å²) in [5.74, 6) is 0.860. The van der Waals surface area contributed by atoms with Gasteiger partial charge in [-0.05, 0) is 65.5 Å². The molecule has 0 saturated heterocycles. The number of anilines is 2. The van der Waals surface area contributed by atoms with E-state index < -0.39 is 0 Å². The van der Waals surface area contributed by atoms with E-state index in [1.807, 2.05) is 18.3 Å². The average molecular weight is 291 g/mol. The van der Waals surface area contributed by atoms with Crippen molar-refractivity contribution in [3.05, 3.63) is 51.6 Å². The highest BCUT2D eigenvalue weighted by Crippen LogP contribution is 2.28. The van der Waals surface area contributed by atoms with Crippen molar-refractivity contribution in [3.8, 4) is 0 Å². The predicted octanol–water partition coefficient (Wildman–Crippen LogP) is 4.51. The molecule has 2 aromatic rings. The third-order valence-corrected chi connectivity index (χ3v) is 3.94. The lowest BCUT2D eigenvalue weighted by atomic mass is 10.1. The van der Waals surface area contributed by atoms with Crippen LogP contribution in [0.3, 0.4) is 0 Å². The summed E-state index contributed by atoms with van der Waals surface area (Å²) < 4.78 is 1.01. The monoisotopic (exact) mass is 290 g/mol. The van der Waals surface area contributed by atoms with Gasteiger partial charge in [0.2, 0.25) is 0 Å². The Hall–Kier alpha value is -1.35. The van der Waals surface area contributed by atoms with Crippen LogP contribution in [0.25, 0.3) is 0 Å². The van der Waals surface area contributed by atoms with E-state index in [0.29, 0.717) is 0 Å². The molecule has 0 aliphatic heterocycles. The number of nitrogens with one attached hydrogen (secondary N) is 1. The molecule has 2 rings (SSSR count). The SMILES string of the molecule is Cc1cccc(Nc2nccc(C)c2Br)c1C. The van der Waals surface area contributed by atoms with Gasteiger partial charge in [0.25, 0.3) is 0 Å². The van der Waals surface area contributed by atoms with Crippen LogP contribution in [-0.4, -0.2) is 4.98 Å². The van der Waals surface area contributed by atoms with Crippen molar-refractivity contribution in [2.45, 2.75) is 20.8 Å². The molecule has 0 amide bonds. The summed E-state index contributed by atoms with van der Waals surface area (Å²) >= 11 is 3.56. The lowest BCUT2D eigenvalue weighted by Crippen LogP contribution is -1.98. The third kappa shape index (κ3) is 2.50. The first-order valence-electron chi connectivity index (χ1n) is 5.54. The second kappa shape index (κ2) is 4.88. The van der Waals surface area contributed by atoms with Crippen LogP contribution in [0.5, 0.6) is 0 Å². The number of aromatic nitrogens is 1. The molecule has 0 bridgehead atoms. The van der Waals surface area contributed by atoms with Gasteiger partial charge in [0.05, 0.1) is 4.47 Å². The summed E-state index contributed by atoms with van der Waals surface area (Å²) in [6.07, 6.45) is 1.81. The first-order valence-corrected chi connectivity index (χ1v) is 6.33. The summed E-state index contributed by atoms with van der Waals surface area (Å²) in [6.45, 7) is 6.28. The minimum atomic E-state index is 0.860. The molecule has 1 aromatic carbocycles. The van der Waals surface area contributed by atoms with E-state index in [9.17, 15) is 0 Å². The quantitative estimate of drug-likeness (QED) is 0.880. The van der Waals surface area contributed by atoms with Gasteiger partial charge in [-0.3, -0.25) is 0 Å². The zero-order chi connectivity index (χ0) is 12.4. The molecule has 0 aliphatic rings. The molecule has 0 aliphatic carbocycles. The fourth-order valence-corrected chi connectivity index (χ4v) is 1.98. The van der Waals surface area contributed by atoms with Crippen LogP contribution in [0.1, 0.15) is 16.7 Å². The smallest absolute Gasteiger partial charge is 0.144 e. The molecule has 3 heteroatoms. The summed E-state index contributed by atoms with van der Waals surface area (Å²) in [4.78, 5) is 4.35. The molecule has 2 nitrogen and oxygen atoms in total. The Balaban J connectivity index is 2.38. The van der Waals surface area contributed by atoms with Gasteiger partial charge in [0.15, 0.2) is 0 Å². The molecule has 0 fully saturated rings. The van der Waals surface area contributed by atoms with E-state index in [-0.39, 0.29) is 0 Å². The second-order valence-corrected chi connectivity index (χ2v) is 4.96. The summed E-state index contributed by atoms with van der Waals surface area (Å²) in [5.41, 5.74) is 4.80. The van der Waals surface area contributed by atoms with Crippen LogP contribution in [-0.2, 0) is 0 Å². The van der Waals surface area contributed by atoms with Crippen LogP contribution < -0.4 is 5.32 Å². The fraction of sp³-hybridized carbons (Fsp3) is 0.214. The zero-order valence-electron chi connectivity index (χ0n) is 10.2. The number of nitrogens with zero attached hydrogens (tertiary/aromatic N) is 1. The van der Waals surface area contributed by atoms with Gasteiger partial charge >= 0.3 is 0 Å². The maximum absolute atomic E-state index is 4.35. The Morgan fingerprint density at radius 3 is 2.59 bits per heavy atom. The summed E-state index contributed by atoms with van der Waals surface area (Å²) in [6, 6.07) is 8.21. The molecule has 17 heavy (non-hydrogen) atoms. The maximum Gasteiger partial charge on any atom is 0.144 e. The third-order valence-electron chi connectivity index (χ3n) is 2.94. The van der Waals surface area contributed by atoms with Crippen LogP contribution in [0.4, 0.5) is 11.5 Å². The van der Waals surface area contributed by atoms with Crippen molar-refractivity contribution in [1.82, 2.24) is 4.98 Å². The average Bonchev–Trinajstić information content (AvgIpc) is 2.31. The maximum atomic E-state index is 4.35. The van der Waals surface area contributed by atoms with Gasteiger partial charge in [0, 0.05) is 11.9 Å². The first kappa shape index (κ1) is 12.1. The number of rotatable bonds is 2. The Morgan fingerprint density at radius 2 is 1.82 bits per heavy atom. The van der Waals surface area contributed by atoms with Crippen molar-refractivity contribution >= 4 is 27.4 Å². The van der Waals surface area contributed by atoms with Crippen LogP contribution >= 0.6 is 15.9 Å². The molecule has 1 N–H and O–H groups in total. The van der Waals surface area contributed by atoms with Crippen LogP contribution in [0, 0.1) is 20.8 Å². The first-order chi connectivity index (χ1) is 8.09. The van der Waals surface area contributed by atoms with E-state index in [2.05, 4.69) is 59.1 Å². The molecule has 0 saturated carbocycles. The molecule has 0 spiro atoms. The molecule has 0 atom stereocenters. The summed E-state index contributed by atoms with van der Waals surface area (Å²) in [5, 5.41) is 3.36. The predicted molar refractivity (Wildman–Crippen MR) is 75.9 cm³/mol. The van der Waals surface area contributed by atoms with Gasteiger partial charge in [0.1, 0.15) is 5.82 Å². The van der Waals surface area contributed by atoms with Crippen molar-refractivity contribution in [2.75, 3.05) is 5.32 Å². The number of halogens is 1. The molecule has 88 valence electrons. The Labute approximate surface area is 110 Å². The molecule has 0 radical (unpaired) electrons. The largest absolute Gasteiger partial charge is 0.339 e. The number of pyridine rings is 1. The van der Waals surface area contributed by atoms with Gasteiger partial charge in [-0.25, -0.2) is 4.98 Å². The Kier molecular flexibility index (Phi) is 3.48. The highest BCUT2D eigenvalue weighted by molar-refractivity contribution is 9.10. The zero-order valence-corrected chi connectivity index (χ0v) is 11.8. The normalized spacial score (nSPS) is 10.4. The van der Waals surface area contributed by atoms with Gasteiger partial charge in [-0.1, -0.05) is 12.1 Å². The number of aryl methyl sites for hydroxylation is 2. The topological polar surface area (TPSA) is 24.9 Å². The minimum Gasteiger partial charge on any atom is -0.339 e. The van der Waals surface area contributed by atoms with Crippen molar-refractivity contribution in [3.63, 3.8) is 0 Å². The molecular weight excluding hydrogens is 276 g/mol. The van der Waals surface area contributed by atoms with Crippen molar-refractivity contribution in [2.24, 2.45) is 0 Å².